The highest BCUT2D eigenvalue weighted by Gasteiger charge is 2.21. The second kappa shape index (κ2) is 12.6. The summed E-state index contributed by atoms with van der Waals surface area (Å²) in [4.78, 5) is 17.1. The van der Waals surface area contributed by atoms with Gasteiger partial charge >= 0.3 is 0 Å². The number of amides is 1. The summed E-state index contributed by atoms with van der Waals surface area (Å²) in [7, 11) is 0. The number of ether oxygens (including phenoxy) is 1. The summed E-state index contributed by atoms with van der Waals surface area (Å²) in [5.74, 6) is 1.07. The van der Waals surface area contributed by atoms with Crippen molar-refractivity contribution >= 4 is 23.0 Å². The number of hydrogen-bond acceptors (Lipinski definition) is 6. The first-order valence-electron chi connectivity index (χ1n) is 11.5. The maximum atomic E-state index is 12.6. The van der Waals surface area contributed by atoms with Crippen LogP contribution in [0.4, 0.5) is 5.69 Å². The lowest BCUT2D eigenvalue weighted by Crippen LogP contribution is -2.42. The predicted molar refractivity (Wildman–Crippen MR) is 125 cm³/mol. The number of aliphatic hydroxyl groups excluding tert-OH is 1. The monoisotopic (exact) mass is 428 g/mol. The molecule has 0 bridgehead atoms. The molecule has 170 valence electrons. The second-order valence-corrected chi connectivity index (χ2v) is 8.24. The Kier molecular flexibility index (Phi) is 9.52. The highest BCUT2D eigenvalue weighted by Crippen LogP contribution is 2.21. The smallest absolute Gasteiger partial charge is 0.229 e. The van der Waals surface area contributed by atoms with Crippen LogP contribution < -0.4 is 16.0 Å². The van der Waals surface area contributed by atoms with E-state index in [1.165, 1.54) is 0 Å². The number of benzene rings is 1. The van der Waals surface area contributed by atoms with Gasteiger partial charge in [0.1, 0.15) is 5.84 Å². The third-order valence-electron chi connectivity index (χ3n) is 5.90. The van der Waals surface area contributed by atoms with E-state index >= 15 is 0 Å². The van der Waals surface area contributed by atoms with Gasteiger partial charge in [0, 0.05) is 38.5 Å². The number of rotatable bonds is 8. The quantitative estimate of drug-likeness (QED) is 0.377. The normalized spacial score (nSPS) is 21.0. The van der Waals surface area contributed by atoms with Crippen LogP contribution in [0.1, 0.15) is 38.2 Å². The van der Waals surface area contributed by atoms with E-state index in [9.17, 15) is 9.90 Å². The molecule has 1 amide bonds. The van der Waals surface area contributed by atoms with Crippen LogP contribution in [0.2, 0.25) is 0 Å². The van der Waals surface area contributed by atoms with Crippen molar-refractivity contribution in [2.24, 2.45) is 16.8 Å². The molecule has 3 rings (SSSR count). The van der Waals surface area contributed by atoms with Gasteiger partial charge in [0.25, 0.3) is 0 Å². The lowest BCUT2D eigenvalue weighted by molar-refractivity contribution is -0.124. The third kappa shape index (κ3) is 7.45. The summed E-state index contributed by atoms with van der Waals surface area (Å²) in [5, 5.41) is 19.8. The van der Waals surface area contributed by atoms with Crippen LogP contribution in [-0.2, 0) is 9.53 Å². The van der Waals surface area contributed by atoms with Gasteiger partial charge in [-0.1, -0.05) is 12.1 Å². The largest absolute Gasteiger partial charge is 0.392 e. The molecular formula is C24H36N4O3. The van der Waals surface area contributed by atoms with Crippen molar-refractivity contribution in [2.75, 3.05) is 51.3 Å². The first-order valence-corrected chi connectivity index (χ1v) is 11.5. The zero-order chi connectivity index (χ0) is 21.9. The van der Waals surface area contributed by atoms with Crippen molar-refractivity contribution in [3.05, 3.63) is 35.9 Å². The van der Waals surface area contributed by atoms with E-state index < -0.39 is 0 Å². The number of piperidine rings is 1. The fraction of sp³-hybridized carbons (Fsp3) is 0.583. The molecule has 2 aliphatic rings. The average molecular weight is 429 g/mol. The number of aliphatic hydroxyl groups is 1. The Morgan fingerprint density at radius 1 is 1.32 bits per heavy atom. The fourth-order valence-electron chi connectivity index (χ4n) is 4.02. The number of carbonyl (C=O) groups is 1. The van der Waals surface area contributed by atoms with E-state index in [4.69, 9.17) is 4.74 Å². The molecule has 0 radical (unpaired) electrons. The first kappa shape index (κ1) is 23.4. The van der Waals surface area contributed by atoms with Gasteiger partial charge in [0.05, 0.1) is 12.5 Å². The Morgan fingerprint density at radius 3 is 2.87 bits per heavy atom. The van der Waals surface area contributed by atoms with Crippen molar-refractivity contribution in [3.8, 4) is 0 Å². The van der Waals surface area contributed by atoms with Crippen LogP contribution in [0, 0.1) is 11.8 Å². The van der Waals surface area contributed by atoms with Gasteiger partial charge in [-0.3, -0.25) is 9.79 Å². The Bertz CT molecular complexity index is 766. The molecule has 2 saturated heterocycles. The molecule has 1 aromatic rings. The fourth-order valence-corrected chi connectivity index (χ4v) is 4.02. The van der Waals surface area contributed by atoms with Crippen molar-refractivity contribution in [2.45, 2.75) is 32.6 Å². The van der Waals surface area contributed by atoms with Crippen molar-refractivity contribution in [3.63, 3.8) is 0 Å². The molecule has 0 spiro atoms. The summed E-state index contributed by atoms with van der Waals surface area (Å²) in [6.45, 7) is 6.61. The molecule has 2 heterocycles. The maximum Gasteiger partial charge on any atom is 0.229 e. The number of amidine groups is 1. The zero-order valence-corrected chi connectivity index (χ0v) is 18.5. The van der Waals surface area contributed by atoms with E-state index in [0.717, 1.165) is 68.8 Å². The van der Waals surface area contributed by atoms with Crippen LogP contribution in [0.15, 0.2) is 35.3 Å². The summed E-state index contributed by atoms with van der Waals surface area (Å²) >= 11 is 0. The van der Waals surface area contributed by atoms with Gasteiger partial charge in [-0.15, -0.1) is 0 Å². The third-order valence-corrected chi connectivity index (χ3v) is 5.90. The number of aliphatic imine (C=N–C) groups is 1. The Hall–Kier alpha value is -2.22. The molecule has 0 saturated carbocycles. The number of hydrogen-bond donors (Lipinski definition) is 4. The highest BCUT2D eigenvalue weighted by molar-refractivity contribution is 6.08. The van der Waals surface area contributed by atoms with Gasteiger partial charge < -0.3 is 25.8 Å². The number of carbonyl (C=O) groups excluding carboxylic acids is 1. The minimum absolute atomic E-state index is 0.0141. The van der Waals surface area contributed by atoms with Crippen molar-refractivity contribution < 1.29 is 14.6 Å². The summed E-state index contributed by atoms with van der Waals surface area (Å²) in [5.41, 5.74) is 2.66. The molecule has 1 unspecified atom stereocenters. The average Bonchev–Trinajstić information content (AvgIpc) is 2.82. The van der Waals surface area contributed by atoms with E-state index in [1.807, 2.05) is 31.2 Å². The van der Waals surface area contributed by atoms with Crippen LogP contribution in [-0.4, -0.2) is 62.8 Å². The number of nitrogens with one attached hydrogen (secondary N) is 3. The standard InChI is InChI=1S/C24H36N4O3/c1-2-26-23(28-24(30)20-6-4-10-25-16-20)14-21(17-29)19-5-3-7-22(13-19)27-15-18-8-11-31-12-9-18/h3,5,7,13-14,18,20,25,27,29H,2,4,6,8-12,15-17H2,1H3,(H,26,28,30)/b21-14+. The van der Waals surface area contributed by atoms with Gasteiger partial charge in [0.2, 0.25) is 5.91 Å². The van der Waals surface area contributed by atoms with E-state index in [0.29, 0.717) is 24.8 Å². The second-order valence-electron chi connectivity index (χ2n) is 8.24. The molecule has 7 nitrogen and oxygen atoms in total. The molecule has 2 fully saturated rings. The lowest BCUT2D eigenvalue weighted by atomic mass is 9.98. The first-order chi connectivity index (χ1) is 15.2. The molecule has 31 heavy (non-hydrogen) atoms. The van der Waals surface area contributed by atoms with Gasteiger partial charge in [-0.25, -0.2) is 0 Å². The van der Waals surface area contributed by atoms with E-state index in [-0.39, 0.29) is 18.4 Å². The molecule has 1 aromatic carbocycles. The molecule has 2 aliphatic heterocycles. The summed E-state index contributed by atoms with van der Waals surface area (Å²) in [6.07, 6.45) is 5.84. The molecule has 7 heteroatoms. The van der Waals surface area contributed by atoms with Gasteiger partial charge in [-0.2, -0.15) is 0 Å². The highest BCUT2D eigenvalue weighted by atomic mass is 16.5. The minimum Gasteiger partial charge on any atom is -0.392 e. The predicted octanol–water partition coefficient (Wildman–Crippen LogP) is 2.43. The van der Waals surface area contributed by atoms with E-state index in [2.05, 4.69) is 20.9 Å². The van der Waals surface area contributed by atoms with Crippen LogP contribution in [0.3, 0.4) is 0 Å². The molecule has 0 aliphatic carbocycles. The Morgan fingerprint density at radius 2 is 2.16 bits per heavy atom. The molecular weight excluding hydrogens is 392 g/mol. The van der Waals surface area contributed by atoms with Gasteiger partial charge in [-0.05, 0) is 74.4 Å². The maximum absolute atomic E-state index is 12.6. The number of anilines is 1. The summed E-state index contributed by atoms with van der Waals surface area (Å²) < 4.78 is 5.43. The van der Waals surface area contributed by atoms with Gasteiger partial charge in [0.15, 0.2) is 0 Å². The molecule has 0 aromatic heterocycles. The van der Waals surface area contributed by atoms with E-state index in [1.54, 1.807) is 6.08 Å². The molecule has 4 N–H and O–H groups in total. The van der Waals surface area contributed by atoms with Crippen molar-refractivity contribution in [1.82, 2.24) is 10.6 Å². The van der Waals surface area contributed by atoms with Crippen LogP contribution in [0.5, 0.6) is 0 Å². The SMILES string of the molecule is CCN=C(/C=C(\CO)c1cccc(NCC2CCOCC2)c1)NC(=O)C1CCCNC1. The Balaban J connectivity index is 1.67. The zero-order valence-electron chi connectivity index (χ0n) is 18.5. The molecule has 1 atom stereocenters. The topological polar surface area (TPSA) is 95.0 Å². The number of nitrogens with zero attached hydrogens (tertiary/aromatic N) is 1. The van der Waals surface area contributed by atoms with Crippen LogP contribution >= 0.6 is 0 Å². The van der Waals surface area contributed by atoms with Crippen molar-refractivity contribution in [1.29, 1.82) is 0 Å². The summed E-state index contributed by atoms with van der Waals surface area (Å²) in [6, 6.07) is 8.03. The minimum atomic E-state index is -0.132. The lowest BCUT2D eigenvalue weighted by Gasteiger charge is -2.23. The van der Waals surface area contributed by atoms with Crippen LogP contribution in [0.25, 0.3) is 5.57 Å². The Labute approximate surface area is 185 Å².